The first kappa shape index (κ1) is 29.7. The van der Waals surface area contributed by atoms with Gasteiger partial charge in [0.05, 0.1) is 16.2 Å². The largest absolute Gasteiger partial charge is 1.00 e. The van der Waals surface area contributed by atoms with Gasteiger partial charge in [0.25, 0.3) is 0 Å². The fourth-order valence-electron chi connectivity index (χ4n) is 3.34. The van der Waals surface area contributed by atoms with Gasteiger partial charge in [0, 0.05) is 5.25 Å². The van der Waals surface area contributed by atoms with Crippen molar-refractivity contribution in [3.05, 3.63) is 0 Å². The summed E-state index contributed by atoms with van der Waals surface area (Å²) >= 11 is 0. The van der Waals surface area contributed by atoms with Gasteiger partial charge < -0.3 is 9.66 Å². The predicted octanol–water partition coefficient (Wildman–Crippen LogP) is 2.55. The molecule has 152 valence electrons. The molecule has 0 fully saturated rings. The molecule has 0 radical (unpaired) electrons. The Morgan fingerprint density at radius 1 is 0.692 bits per heavy atom. The predicted molar refractivity (Wildman–Crippen MR) is 105 cm³/mol. The van der Waals surface area contributed by atoms with Crippen molar-refractivity contribution in [3.8, 4) is 0 Å². The van der Waals surface area contributed by atoms with E-state index in [4.69, 9.17) is 0 Å². The zero-order valence-electron chi connectivity index (χ0n) is 17.5. The van der Waals surface area contributed by atoms with Gasteiger partial charge in [0.15, 0.2) is 0 Å². The van der Waals surface area contributed by atoms with Crippen molar-refractivity contribution in [1.29, 1.82) is 0 Å². The number of rotatable bonds is 18. The molecule has 0 saturated carbocycles. The van der Waals surface area contributed by atoms with Crippen LogP contribution in [-0.2, 0) is 10.1 Å². The molecule has 0 aliphatic carbocycles. The van der Waals surface area contributed by atoms with Crippen LogP contribution in [0.2, 0.25) is 0 Å². The molecule has 6 heteroatoms. The summed E-state index contributed by atoms with van der Waals surface area (Å²) in [5.41, 5.74) is 0. The summed E-state index contributed by atoms with van der Waals surface area (Å²) in [6, 6.07) is 0. The summed E-state index contributed by atoms with van der Waals surface area (Å²) in [5, 5.41) is 9.28. The first-order valence-electron chi connectivity index (χ1n) is 10.5. The molecule has 4 nitrogen and oxygen atoms in total. The maximum Gasteiger partial charge on any atom is 1.00 e. The van der Waals surface area contributed by atoms with Gasteiger partial charge in [-0.25, -0.2) is 8.42 Å². The second-order valence-electron chi connectivity index (χ2n) is 7.46. The summed E-state index contributed by atoms with van der Waals surface area (Å²) in [5.74, 6) is 0. The van der Waals surface area contributed by atoms with Crippen LogP contribution >= 0.6 is 0 Å². The fraction of sp³-hybridized carbons (Fsp3) is 1.00. The van der Waals surface area contributed by atoms with Crippen LogP contribution in [0.25, 0.3) is 0 Å². The van der Waals surface area contributed by atoms with Crippen molar-refractivity contribution in [3.63, 3.8) is 0 Å². The van der Waals surface area contributed by atoms with Crippen LogP contribution in [0, 0.1) is 0 Å². The minimum Gasteiger partial charge on any atom is -0.748 e. The van der Waals surface area contributed by atoms with Crippen molar-refractivity contribution >= 4 is 10.1 Å². The SMILES string of the molecule is CCCCCCCCCC(O)CCCCCCC(CCC)S(=O)(=O)[O-].[K+]. The standard InChI is InChI=1S/C20H42O4S.K/c1-3-5-6-7-8-9-12-16-19(21)17-13-10-11-14-18-20(15-4-2)25(22,23)24;/h19-21H,3-18H2,1-2H3,(H,22,23,24);/q;+1/p-1. The molecule has 1 N–H and O–H groups in total. The number of aliphatic hydroxyl groups excluding tert-OH is 1. The maximum absolute atomic E-state index is 11.1. The quantitative estimate of drug-likeness (QED) is 0.212. The molecule has 0 rings (SSSR count). The van der Waals surface area contributed by atoms with Gasteiger partial charge in [-0.3, -0.25) is 0 Å². The smallest absolute Gasteiger partial charge is 0.748 e. The molecule has 0 aromatic heterocycles. The molecule has 0 spiro atoms. The summed E-state index contributed by atoms with van der Waals surface area (Å²) < 4.78 is 33.4. The van der Waals surface area contributed by atoms with Gasteiger partial charge in [0.2, 0.25) is 0 Å². The van der Waals surface area contributed by atoms with Crippen LogP contribution in [0.4, 0.5) is 0 Å². The van der Waals surface area contributed by atoms with Gasteiger partial charge in [-0.05, 0) is 25.7 Å². The number of hydrogen-bond acceptors (Lipinski definition) is 4. The monoisotopic (exact) mass is 416 g/mol. The van der Waals surface area contributed by atoms with Crippen molar-refractivity contribution < 1.29 is 69.5 Å². The molecule has 0 aromatic carbocycles. The minimum absolute atomic E-state index is 0. The van der Waals surface area contributed by atoms with Gasteiger partial charge in [0.1, 0.15) is 0 Å². The molecule has 2 atom stereocenters. The van der Waals surface area contributed by atoms with E-state index < -0.39 is 15.4 Å². The van der Waals surface area contributed by atoms with Crippen LogP contribution in [0.15, 0.2) is 0 Å². The molecule has 0 heterocycles. The van der Waals surface area contributed by atoms with E-state index in [1.165, 1.54) is 38.5 Å². The molecular formula is C20H41KO4S. The molecule has 0 saturated heterocycles. The maximum atomic E-state index is 11.1. The Balaban J connectivity index is 0. The van der Waals surface area contributed by atoms with Crippen molar-refractivity contribution in [2.75, 3.05) is 0 Å². The Morgan fingerprint density at radius 2 is 1.12 bits per heavy atom. The third kappa shape index (κ3) is 18.9. The van der Waals surface area contributed by atoms with E-state index in [2.05, 4.69) is 6.92 Å². The van der Waals surface area contributed by atoms with Crippen LogP contribution in [0.3, 0.4) is 0 Å². The number of hydrogen-bond donors (Lipinski definition) is 1. The van der Waals surface area contributed by atoms with Crippen molar-refractivity contribution in [1.82, 2.24) is 0 Å². The van der Waals surface area contributed by atoms with Gasteiger partial charge in [-0.1, -0.05) is 90.9 Å². The van der Waals surface area contributed by atoms with E-state index in [0.29, 0.717) is 12.8 Å². The number of unbranched alkanes of at least 4 members (excludes halogenated alkanes) is 9. The van der Waals surface area contributed by atoms with Crippen LogP contribution in [0.5, 0.6) is 0 Å². The summed E-state index contributed by atoms with van der Waals surface area (Å²) in [7, 11) is -4.14. The zero-order chi connectivity index (χ0) is 19.0. The molecule has 26 heavy (non-hydrogen) atoms. The van der Waals surface area contributed by atoms with Crippen molar-refractivity contribution in [2.45, 2.75) is 128 Å². The topological polar surface area (TPSA) is 77.4 Å². The molecule has 0 aromatic rings. The van der Waals surface area contributed by atoms with E-state index in [-0.39, 0.29) is 57.5 Å². The first-order chi connectivity index (χ1) is 11.9. The Hall–Kier alpha value is 1.51. The summed E-state index contributed by atoms with van der Waals surface area (Å²) in [6.07, 6.45) is 15.9. The molecule has 0 bridgehead atoms. The van der Waals surface area contributed by atoms with E-state index in [0.717, 1.165) is 51.4 Å². The first-order valence-corrected chi connectivity index (χ1v) is 12.0. The van der Waals surface area contributed by atoms with Crippen molar-refractivity contribution in [2.24, 2.45) is 0 Å². The van der Waals surface area contributed by atoms with Gasteiger partial charge in [-0.2, -0.15) is 0 Å². The Bertz CT molecular complexity index is 387. The number of aliphatic hydroxyl groups is 1. The van der Waals surface area contributed by atoms with E-state index in [9.17, 15) is 18.1 Å². The third-order valence-corrected chi connectivity index (χ3v) is 6.26. The molecule has 0 amide bonds. The van der Waals surface area contributed by atoms with E-state index in [1.807, 2.05) is 6.92 Å². The van der Waals surface area contributed by atoms with E-state index >= 15 is 0 Å². The second-order valence-corrected chi connectivity index (χ2v) is 9.11. The normalized spacial score (nSPS) is 14.0. The van der Waals surface area contributed by atoms with Crippen LogP contribution in [-0.4, -0.2) is 29.4 Å². The summed E-state index contributed by atoms with van der Waals surface area (Å²) in [6.45, 7) is 4.14. The van der Waals surface area contributed by atoms with Gasteiger partial charge in [-0.15, -0.1) is 0 Å². The average molecular weight is 417 g/mol. The Morgan fingerprint density at radius 3 is 1.54 bits per heavy atom. The van der Waals surface area contributed by atoms with E-state index in [1.54, 1.807) is 0 Å². The Labute approximate surface area is 205 Å². The van der Waals surface area contributed by atoms with Crippen LogP contribution in [0.1, 0.15) is 117 Å². The Kier molecular flexibility index (Phi) is 22.6. The molecule has 2 unspecified atom stereocenters. The minimum atomic E-state index is -4.14. The van der Waals surface area contributed by atoms with Crippen LogP contribution < -0.4 is 51.4 Å². The fourth-order valence-corrected chi connectivity index (χ4v) is 4.32. The van der Waals surface area contributed by atoms with Gasteiger partial charge >= 0.3 is 51.4 Å². The summed E-state index contributed by atoms with van der Waals surface area (Å²) in [4.78, 5) is 0. The zero-order valence-corrected chi connectivity index (χ0v) is 21.5. The average Bonchev–Trinajstić information content (AvgIpc) is 2.55. The third-order valence-electron chi connectivity index (χ3n) is 4.97. The molecule has 0 aliphatic rings. The molecule has 0 aliphatic heterocycles. The molecular weight excluding hydrogens is 375 g/mol. The second kappa shape index (κ2) is 19.8.